The Kier molecular flexibility index (Phi) is 8.46. The van der Waals surface area contributed by atoms with E-state index in [0.29, 0.717) is 11.5 Å². The summed E-state index contributed by atoms with van der Waals surface area (Å²) in [6, 6.07) is 12.1. The van der Waals surface area contributed by atoms with Crippen molar-refractivity contribution in [3.63, 3.8) is 0 Å². The number of nitrogens with zero attached hydrogens (tertiary/aromatic N) is 1. The highest BCUT2D eigenvalue weighted by molar-refractivity contribution is 7.80. The lowest BCUT2D eigenvalue weighted by molar-refractivity contribution is -0.139. The largest absolute Gasteiger partial charge is 0.493 e. The summed E-state index contributed by atoms with van der Waals surface area (Å²) in [5, 5.41) is 12.2. The second-order valence-corrected chi connectivity index (χ2v) is 8.09. The Morgan fingerprint density at radius 1 is 1.12 bits per heavy atom. The molecule has 2 amide bonds. The van der Waals surface area contributed by atoms with Crippen LogP contribution >= 0.6 is 24.0 Å². The third-order valence-electron chi connectivity index (χ3n) is 4.39. The summed E-state index contributed by atoms with van der Waals surface area (Å²) in [6.07, 6.45) is 0. The van der Waals surface area contributed by atoms with Crippen LogP contribution < -0.4 is 25.6 Å². The van der Waals surface area contributed by atoms with E-state index in [0.717, 1.165) is 20.8 Å². The van der Waals surface area contributed by atoms with Crippen LogP contribution in [0.25, 0.3) is 20.8 Å². The predicted octanol–water partition coefficient (Wildman–Crippen LogP) is 1.47. The molecule has 1 heterocycles. The van der Waals surface area contributed by atoms with Gasteiger partial charge in [0.15, 0.2) is 18.1 Å². The lowest BCUT2D eigenvalue weighted by atomic mass is 10.2. The van der Waals surface area contributed by atoms with E-state index in [1.807, 2.05) is 30.3 Å². The van der Waals surface area contributed by atoms with Gasteiger partial charge in [0, 0.05) is 11.3 Å². The standard InChI is InChI=1S/C21H22N4O6S2/c1-30-16-8-12(20-23-13-4-2-3-5-17(13)33-20)6-7-15(16)31-10-19(27)25-24-18(26)9-22-14(11-32)21(28)29/h2-8,14,22,32H,9-11H2,1H3,(H,24,26)(H,25,27)(H,28,29)/t14-/m0/s1. The van der Waals surface area contributed by atoms with Gasteiger partial charge >= 0.3 is 5.97 Å². The SMILES string of the molecule is COc1cc(-c2nc3ccccc3s2)ccc1OCC(=O)NNC(=O)CN[C@@H](CS)C(=O)O. The van der Waals surface area contributed by atoms with Crippen LogP contribution in [0.1, 0.15) is 0 Å². The average molecular weight is 491 g/mol. The van der Waals surface area contributed by atoms with Gasteiger partial charge in [0.05, 0.1) is 23.9 Å². The van der Waals surface area contributed by atoms with Gasteiger partial charge in [-0.15, -0.1) is 11.3 Å². The topological polar surface area (TPSA) is 139 Å². The molecule has 0 aliphatic heterocycles. The fourth-order valence-electron chi connectivity index (χ4n) is 2.72. The number of carbonyl (C=O) groups is 3. The first kappa shape index (κ1) is 24.3. The number of benzene rings is 2. The van der Waals surface area contributed by atoms with Gasteiger partial charge in [-0.1, -0.05) is 12.1 Å². The number of ether oxygens (including phenoxy) is 2. The van der Waals surface area contributed by atoms with Gasteiger partial charge in [0.2, 0.25) is 0 Å². The van der Waals surface area contributed by atoms with Gasteiger partial charge in [-0.05, 0) is 30.3 Å². The maximum absolute atomic E-state index is 12.0. The lowest BCUT2D eigenvalue weighted by Crippen LogP contribution is -2.49. The lowest BCUT2D eigenvalue weighted by Gasteiger charge is -2.13. The molecule has 10 nitrogen and oxygen atoms in total. The number of amides is 2. The van der Waals surface area contributed by atoms with Crippen LogP contribution in [0.2, 0.25) is 0 Å². The molecule has 12 heteroatoms. The highest BCUT2D eigenvalue weighted by Crippen LogP contribution is 2.35. The molecule has 0 saturated carbocycles. The second kappa shape index (κ2) is 11.5. The summed E-state index contributed by atoms with van der Waals surface area (Å²) in [4.78, 5) is 39.2. The van der Waals surface area contributed by atoms with Gasteiger partial charge in [-0.2, -0.15) is 12.6 Å². The van der Waals surface area contributed by atoms with E-state index in [1.165, 1.54) is 7.11 Å². The Balaban J connectivity index is 1.52. The number of carboxylic acid groups (broad SMARTS) is 1. The van der Waals surface area contributed by atoms with Gasteiger partial charge in [0.1, 0.15) is 11.0 Å². The van der Waals surface area contributed by atoms with E-state index in [4.69, 9.17) is 14.6 Å². The Labute approximate surface area is 198 Å². The van der Waals surface area contributed by atoms with Crippen LogP contribution in [-0.4, -0.2) is 59.9 Å². The van der Waals surface area contributed by atoms with Crippen molar-refractivity contribution >= 4 is 52.0 Å². The van der Waals surface area contributed by atoms with Crippen LogP contribution in [0, 0.1) is 0 Å². The summed E-state index contributed by atoms with van der Waals surface area (Å²) in [5.41, 5.74) is 6.13. The maximum Gasteiger partial charge on any atom is 0.321 e. The normalized spacial score (nSPS) is 11.6. The number of nitrogens with one attached hydrogen (secondary N) is 3. The molecule has 0 spiro atoms. The molecule has 0 radical (unpaired) electrons. The number of carboxylic acids is 1. The van der Waals surface area contributed by atoms with Crippen LogP contribution in [0.4, 0.5) is 0 Å². The van der Waals surface area contributed by atoms with Crippen LogP contribution in [0.15, 0.2) is 42.5 Å². The third-order valence-corrected chi connectivity index (χ3v) is 5.84. The molecule has 1 aromatic heterocycles. The fourth-order valence-corrected chi connectivity index (χ4v) is 3.97. The van der Waals surface area contributed by atoms with Gasteiger partial charge in [0.25, 0.3) is 11.8 Å². The first-order valence-electron chi connectivity index (χ1n) is 9.72. The molecule has 0 aliphatic carbocycles. The van der Waals surface area contributed by atoms with Gasteiger partial charge in [-0.25, -0.2) is 4.98 Å². The maximum atomic E-state index is 12.0. The molecule has 0 aliphatic rings. The Morgan fingerprint density at radius 3 is 2.58 bits per heavy atom. The molecule has 3 rings (SSSR count). The molecule has 0 saturated heterocycles. The van der Waals surface area contributed by atoms with E-state index in [2.05, 4.69) is 33.8 Å². The van der Waals surface area contributed by atoms with E-state index < -0.39 is 23.8 Å². The number of methoxy groups -OCH3 is 1. The van der Waals surface area contributed by atoms with Crippen molar-refractivity contribution in [2.45, 2.75) is 6.04 Å². The zero-order chi connectivity index (χ0) is 23.8. The molecule has 0 fully saturated rings. The van der Waals surface area contributed by atoms with Gasteiger partial charge < -0.3 is 14.6 Å². The molecule has 2 aromatic carbocycles. The number of aromatic nitrogens is 1. The highest BCUT2D eigenvalue weighted by atomic mass is 32.1. The van der Waals surface area contributed by atoms with E-state index in [9.17, 15) is 14.4 Å². The fraction of sp³-hybridized carbons (Fsp3) is 0.238. The van der Waals surface area contributed by atoms with E-state index in [-0.39, 0.29) is 18.9 Å². The van der Waals surface area contributed by atoms with E-state index >= 15 is 0 Å². The van der Waals surface area contributed by atoms with Crippen molar-refractivity contribution in [3.05, 3.63) is 42.5 Å². The van der Waals surface area contributed by atoms with Crippen molar-refractivity contribution < 1.29 is 29.0 Å². The Bertz CT molecular complexity index is 1120. The minimum absolute atomic E-state index is 0.0163. The summed E-state index contributed by atoms with van der Waals surface area (Å²) in [7, 11) is 1.49. The summed E-state index contributed by atoms with van der Waals surface area (Å²) in [6.45, 7) is -0.682. The number of fused-ring (bicyclic) bond motifs is 1. The summed E-state index contributed by atoms with van der Waals surface area (Å²) in [5.74, 6) is -1.55. The quantitative estimate of drug-likeness (QED) is 0.213. The van der Waals surface area contributed by atoms with Crippen LogP contribution in [0.5, 0.6) is 11.5 Å². The van der Waals surface area contributed by atoms with Crippen molar-refractivity contribution in [2.75, 3.05) is 26.0 Å². The zero-order valence-corrected chi connectivity index (χ0v) is 19.2. The number of thiol groups is 1. The number of hydrogen-bond acceptors (Lipinski definition) is 9. The summed E-state index contributed by atoms with van der Waals surface area (Å²) < 4.78 is 12.0. The number of carbonyl (C=O) groups excluding carboxylic acids is 2. The average Bonchev–Trinajstić information content (AvgIpc) is 3.25. The number of hydrogen-bond donors (Lipinski definition) is 5. The number of thiazole rings is 1. The Morgan fingerprint density at radius 2 is 1.88 bits per heavy atom. The predicted molar refractivity (Wildman–Crippen MR) is 127 cm³/mol. The van der Waals surface area contributed by atoms with Gasteiger partial charge in [-0.3, -0.25) is 30.6 Å². The molecule has 174 valence electrons. The first-order chi connectivity index (χ1) is 15.9. The van der Waals surface area contributed by atoms with Crippen molar-refractivity contribution in [2.24, 2.45) is 0 Å². The van der Waals surface area contributed by atoms with Crippen molar-refractivity contribution in [1.29, 1.82) is 0 Å². The molecule has 33 heavy (non-hydrogen) atoms. The smallest absolute Gasteiger partial charge is 0.321 e. The third kappa shape index (κ3) is 6.57. The number of rotatable bonds is 10. The van der Waals surface area contributed by atoms with Crippen LogP contribution in [-0.2, 0) is 14.4 Å². The number of para-hydroxylation sites is 1. The Hall–Kier alpha value is -3.35. The minimum atomic E-state index is -1.13. The highest BCUT2D eigenvalue weighted by Gasteiger charge is 2.16. The van der Waals surface area contributed by atoms with Crippen molar-refractivity contribution in [1.82, 2.24) is 21.2 Å². The summed E-state index contributed by atoms with van der Waals surface area (Å²) >= 11 is 5.44. The second-order valence-electron chi connectivity index (χ2n) is 6.69. The van der Waals surface area contributed by atoms with Crippen molar-refractivity contribution in [3.8, 4) is 22.1 Å². The molecule has 1 atom stereocenters. The first-order valence-corrected chi connectivity index (χ1v) is 11.2. The molecule has 0 bridgehead atoms. The number of hydrazine groups is 1. The minimum Gasteiger partial charge on any atom is -0.493 e. The molecular formula is C21H22N4O6S2. The zero-order valence-electron chi connectivity index (χ0n) is 17.5. The molecule has 4 N–H and O–H groups in total. The van der Waals surface area contributed by atoms with E-state index in [1.54, 1.807) is 23.5 Å². The monoisotopic (exact) mass is 490 g/mol. The van der Waals surface area contributed by atoms with Crippen LogP contribution in [0.3, 0.4) is 0 Å². The molecule has 3 aromatic rings. The molecule has 0 unspecified atom stereocenters. The number of aliphatic carboxylic acids is 1. The molecular weight excluding hydrogens is 468 g/mol.